The van der Waals surface area contributed by atoms with Crippen LogP contribution in [0.2, 0.25) is 0 Å². The van der Waals surface area contributed by atoms with Crippen LogP contribution in [0.4, 0.5) is 0 Å². The van der Waals surface area contributed by atoms with Crippen molar-refractivity contribution in [1.29, 1.82) is 0 Å². The fourth-order valence-corrected chi connectivity index (χ4v) is 6.15. The molecule has 1 aromatic rings. The lowest BCUT2D eigenvalue weighted by molar-refractivity contribution is -0.119. The number of hydrogen-bond donors (Lipinski definition) is 1. The molecule has 132 valence electrons. The predicted octanol–water partition coefficient (Wildman–Crippen LogP) is 4.31. The highest BCUT2D eigenvalue weighted by Crippen LogP contribution is 2.48. The summed E-state index contributed by atoms with van der Waals surface area (Å²) in [5, 5.41) is 5.87. The van der Waals surface area contributed by atoms with E-state index in [-0.39, 0.29) is 5.91 Å². The van der Waals surface area contributed by atoms with Gasteiger partial charge in [-0.15, -0.1) is 11.8 Å². The Morgan fingerprint density at radius 3 is 2.75 bits per heavy atom. The summed E-state index contributed by atoms with van der Waals surface area (Å²) in [5.74, 6) is 1.90. The monoisotopic (exact) mass is 365 g/mol. The van der Waals surface area contributed by atoms with Gasteiger partial charge in [0.05, 0.1) is 5.75 Å². The van der Waals surface area contributed by atoms with Gasteiger partial charge in [-0.1, -0.05) is 44.9 Å². The van der Waals surface area contributed by atoms with Gasteiger partial charge in [0, 0.05) is 22.8 Å². The van der Waals surface area contributed by atoms with Crippen LogP contribution in [0.1, 0.15) is 69.7 Å². The van der Waals surface area contributed by atoms with Gasteiger partial charge in [-0.2, -0.15) is 0 Å². The highest BCUT2D eigenvalue weighted by molar-refractivity contribution is 8.01. The molecule has 1 aromatic heterocycles. The highest BCUT2D eigenvalue weighted by Gasteiger charge is 2.33. The number of aryl methyl sites for hydroxylation is 1. The maximum Gasteiger partial charge on any atom is 0.230 e. The molecule has 1 fully saturated rings. The van der Waals surface area contributed by atoms with Crippen LogP contribution in [-0.2, 0) is 4.79 Å². The van der Waals surface area contributed by atoms with Crippen molar-refractivity contribution in [1.82, 2.24) is 15.3 Å². The standard InChI is InChI=1S/C18H27N3OS2/c1-4-14-11(2)24-18-16(14)17(19-12(3)20-18)23-10-15(22)21-13-8-6-5-7-9-13/h11,13-14H,4-10H2,1-3H3,(H,21,22)/t11-,14-/m1/s1. The third kappa shape index (κ3) is 4.07. The fraction of sp³-hybridized carbons (Fsp3) is 0.722. The molecule has 0 spiro atoms. The molecule has 1 N–H and O–H groups in total. The second-order valence-corrected chi connectivity index (χ2v) is 9.15. The van der Waals surface area contributed by atoms with Crippen molar-refractivity contribution in [2.45, 2.75) is 86.6 Å². The molecule has 0 aromatic carbocycles. The first-order valence-electron chi connectivity index (χ1n) is 9.05. The number of nitrogens with one attached hydrogen (secondary N) is 1. The van der Waals surface area contributed by atoms with E-state index in [0.717, 1.165) is 35.1 Å². The van der Waals surface area contributed by atoms with E-state index in [1.165, 1.54) is 24.8 Å². The van der Waals surface area contributed by atoms with Crippen molar-refractivity contribution in [3.63, 3.8) is 0 Å². The third-order valence-electron chi connectivity index (χ3n) is 4.97. The Morgan fingerprint density at radius 1 is 1.29 bits per heavy atom. The zero-order chi connectivity index (χ0) is 17.1. The molecule has 0 saturated heterocycles. The molecule has 0 unspecified atom stereocenters. The molecule has 1 saturated carbocycles. The maximum atomic E-state index is 12.3. The van der Waals surface area contributed by atoms with E-state index in [2.05, 4.69) is 29.1 Å². The van der Waals surface area contributed by atoms with E-state index < -0.39 is 0 Å². The molecule has 6 heteroatoms. The van der Waals surface area contributed by atoms with Gasteiger partial charge < -0.3 is 5.32 Å². The second kappa shape index (κ2) is 8.09. The molecule has 1 amide bonds. The summed E-state index contributed by atoms with van der Waals surface area (Å²) < 4.78 is 0. The molecule has 2 aliphatic rings. The van der Waals surface area contributed by atoms with Crippen LogP contribution in [0.3, 0.4) is 0 Å². The van der Waals surface area contributed by atoms with Gasteiger partial charge in [-0.05, 0) is 26.2 Å². The minimum Gasteiger partial charge on any atom is -0.353 e. The second-order valence-electron chi connectivity index (χ2n) is 6.82. The summed E-state index contributed by atoms with van der Waals surface area (Å²) in [7, 11) is 0. The van der Waals surface area contributed by atoms with Gasteiger partial charge in [0.2, 0.25) is 5.91 Å². The predicted molar refractivity (Wildman–Crippen MR) is 101 cm³/mol. The molecular weight excluding hydrogens is 338 g/mol. The molecule has 1 aliphatic carbocycles. The topological polar surface area (TPSA) is 54.9 Å². The Hall–Kier alpha value is -0.750. The van der Waals surface area contributed by atoms with Crippen LogP contribution < -0.4 is 5.32 Å². The minimum atomic E-state index is 0.142. The van der Waals surface area contributed by atoms with Gasteiger partial charge in [0.15, 0.2) is 0 Å². The maximum absolute atomic E-state index is 12.3. The van der Waals surface area contributed by atoms with Crippen LogP contribution >= 0.6 is 23.5 Å². The first kappa shape index (κ1) is 18.1. The van der Waals surface area contributed by atoms with Gasteiger partial charge >= 0.3 is 0 Å². The van der Waals surface area contributed by atoms with E-state index in [9.17, 15) is 4.79 Å². The molecule has 2 heterocycles. The lowest BCUT2D eigenvalue weighted by Crippen LogP contribution is -2.37. The fourth-order valence-electron chi connectivity index (χ4n) is 3.73. The normalized spacial score (nSPS) is 24.0. The highest BCUT2D eigenvalue weighted by atomic mass is 32.2. The molecule has 0 bridgehead atoms. The summed E-state index contributed by atoms with van der Waals surface area (Å²) in [4.78, 5) is 21.6. The Bertz CT molecular complexity index is 602. The van der Waals surface area contributed by atoms with E-state index >= 15 is 0 Å². The van der Waals surface area contributed by atoms with Crippen molar-refractivity contribution in [2.24, 2.45) is 0 Å². The number of nitrogens with zero attached hydrogens (tertiary/aromatic N) is 2. The van der Waals surface area contributed by atoms with Crippen molar-refractivity contribution in [2.75, 3.05) is 5.75 Å². The van der Waals surface area contributed by atoms with Crippen LogP contribution in [-0.4, -0.2) is 32.9 Å². The zero-order valence-corrected chi connectivity index (χ0v) is 16.4. The van der Waals surface area contributed by atoms with E-state index in [1.54, 1.807) is 11.8 Å². The number of fused-ring (bicyclic) bond motifs is 1. The van der Waals surface area contributed by atoms with E-state index in [0.29, 0.717) is 23.0 Å². The van der Waals surface area contributed by atoms with Gasteiger partial charge in [-0.25, -0.2) is 9.97 Å². The Labute approximate surface area is 153 Å². The number of hydrogen-bond acceptors (Lipinski definition) is 5. The third-order valence-corrected chi connectivity index (χ3v) is 7.20. The summed E-state index contributed by atoms with van der Waals surface area (Å²) >= 11 is 3.43. The van der Waals surface area contributed by atoms with Gasteiger partial charge in [0.1, 0.15) is 15.9 Å². The van der Waals surface area contributed by atoms with E-state index in [4.69, 9.17) is 0 Å². The molecule has 24 heavy (non-hydrogen) atoms. The number of thioether (sulfide) groups is 2. The lowest BCUT2D eigenvalue weighted by atomic mass is 9.95. The number of carbonyl (C=O) groups excluding carboxylic acids is 1. The van der Waals surface area contributed by atoms with Gasteiger partial charge in [0.25, 0.3) is 0 Å². The van der Waals surface area contributed by atoms with Crippen LogP contribution in [0, 0.1) is 6.92 Å². The number of rotatable bonds is 5. The van der Waals surface area contributed by atoms with Crippen LogP contribution in [0.5, 0.6) is 0 Å². The van der Waals surface area contributed by atoms with Gasteiger partial charge in [-0.3, -0.25) is 4.79 Å². The molecular formula is C18H27N3OS2. The molecule has 1 aliphatic heterocycles. The number of carbonyl (C=O) groups is 1. The van der Waals surface area contributed by atoms with Crippen molar-refractivity contribution >= 4 is 29.4 Å². The first-order valence-corrected chi connectivity index (χ1v) is 10.9. The number of amides is 1. The Kier molecular flexibility index (Phi) is 6.08. The number of aromatic nitrogens is 2. The Morgan fingerprint density at radius 2 is 2.04 bits per heavy atom. The van der Waals surface area contributed by atoms with E-state index in [1.807, 2.05) is 18.7 Å². The SMILES string of the molecule is CC[C@H]1c2c(SCC(=O)NC3CCCCC3)nc(C)nc2S[C@@H]1C. The molecule has 2 atom stereocenters. The molecule has 0 radical (unpaired) electrons. The van der Waals surface area contributed by atoms with Crippen molar-refractivity contribution < 1.29 is 4.79 Å². The molecule has 3 rings (SSSR count). The van der Waals surface area contributed by atoms with Crippen molar-refractivity contribution in [3.05, 3.63) is 11.4 Å². The van der Waals surface area contributed by atoms with Crippen LogP contribution in [0.25, 0.3) is 0 Å². The average molecular weight is 366 g/mol. The summed E-state index contributed by atoms with van der Waals surface area (Å²) in [5.41, 5.74) is 1.27. The summed E-state index contributed by atoms with van der Waals surface area (Å²) in [6.45, 7) is 6.43. The largest absolute Gasteiger partial charge is 0.353 e. The first-order chi connectivity index (χ1) is 11.6. The van der Waals surface area contributed by atoms with Crippen molar-refractivity contribution in [3.8, 4) is 0 Å². The Balaban J connectivity index is 1.66. The quantitative estimate of drug-likeness (QED) is 0.622. The van der Waals surface area contributed by atoms with Crippen LogP contribution in [0.15, 0.2) is 10.1 Å². The lowest BCUT2D eigenvalue weighted by Gasteiger charge is -2.22. The summed E-state index contributed by atoms with van der Waals surface area (Å²) in [6, 6.07) is 0.378. The summed E-state index contributed by atoms with van der Waals surface area (Å²) in [6.07, 6.45) is 7.14. The zero-order valence-electron chi connectivity index (χ0n) is 14.8. The smallest absolute Gasteiger partial charge is 0.230 e. The molecule has 4 nitrogen and oxygen atoms in total. The minimum absolute atomic E-state index is 0.142. The average Bonchev–Trinajstić information content (AvgIpc) is 2.88.